The highest BCUT2D eigenvalue weighted by atomic mass is 16.5. The Balaban J connectivity index is 2.12. The third-order valence-electron chi connectivity index (χ3n) is 6.34. The number of aliphatic hydroxyl groups excluding tert-OH is 1. The molecule has 8 nitrogen and oxygen atoms in total. The summed E-state index contributed by atoms with van der Waals surface area (Å²) >= 11 is 0. The van der Waals surface area contributed by atoms with Crippen LogP contribution in [-0.2, 0) is 28.7 Å². The number of methoxy groups -OCH3 is 1. The molecule has 0 saturated carbocycles. The fourth-order valence-corrected chi connectivity index (χ4v) is 4.31. The minimum atomic E-state index is -0.929. The molecule has 0 unspecified atom stereocenters. The highest BCUT2D eigenvalue weighted by Crippen LogP contribution is 2.25. The van der Waals surface area contributed by atoms with Crippen LogP contribution >= 0.6 is 0 Å². The van der Waals surface area contributed by atoms with E-state index in [1.807, 2.05) is 12.2 Å². The maximum Gasteiger partial charge on any atom is 0.331 e. The number of carbonyl (C=O) groups is 4. The number of amides is 2. The van der Waals surface area contributed by atoms with Crippen LogP contribution in [-0.4, -0.2) is 54.1 Å². The summed E-state index contributed by atoms with van der Waals surface area (Å²) in [4.78, 5) is 48.0. The van der Waals surface area contributed by atoms with Gasteiger partial charge in [-0.1, -0.05) is 44.2 Å². The lowest BCUT2D eigenvalue weighted by Gasteiger charge is -2.31. The summed E-state index contributed by atoms with van der Waals surface area (Å²) in [5.41, 5.74) is 0.651. The van der Waals surface area contributed by atoms with Crippen LogP contribution in [0.5, 0.6) is 0 Å². The number of piperidine rings is 1. The number of aliphatic hydroxyl groups is 1. The van der Waals surface area contributed by atoms with Gasteiger partial charge in [0.15, 0.2) is 5.78 Å². The molecule has 8 heteroatoms. The average Bonchev–Trinajstić information content (AvgIpc) is 2.79. The van der Waals surface area contributed by atoms with Crippen molar-refractivity contribution in [3.63, 3.8) is 0 Å². The number of nitrogens with one attached hydrogen (secondary N) is 1. The first kappa shape index (κ1) is 28.4. The number of rotatable bonds is 7. The third kappa shape index (κ3) is 9.03. The van der Waals surface area contributed by atoms with E-state index in [0.29, 0.717) is 24.8 Å². The summed E-state index contributed by atoms with van der Waals surface area (Å²) < 4.78 is 11.1. The van der Waals surface area contributed by atoms with Crippen molar-refractivity contribution in [2.45, 2.75) is 71.2 Å². The molecule has 35 heavy (non-hydrogen) atoms. The quantitative estimate of drug-likeness (QED) is 0.245. The summed E-state index contributed by atoms with van der Waals surface area (Å²) in [5.74, 6) is -2.34. The summed E-state index contributed by atoms with van der Waals surface area (Å²) in [6.07, 6.45) is 11.9. The first-order valence-electron chi connectivity index (χ1n) is 12.1. The van der Waals surface area contributed by atoms with Crippen LogP contribution in [0.3, 0.4) is 0 Å². The van der Waals surface area contributed by atoms with Crippen LogP contribution in [0.1, 0.15) is 52.9 Å². The molecular formula is C27H37NO7. The first-order chi connectivity index (χ1) is 16.6. The number of imide groups is 1. The van der Waals surface area contributed by atoms with E-state index in [-0.39, 0.29) is 36.4 Å². The maximum absolute atomic E-state index is 12.7. The molecular weight excluding hydrogens is 450 g/mol. The Morgan fingerprint density at radius 1 is 1.23 bits per heavy atom. The van der Waals surface area contributed by atoms with Gasteiger partial charge in [-0.05, 0) is 43.8 Å². The van der Waals surface area contributed by atoms with Crippen LogP contribution in [0, 0.1) is 17.8 Å². The van der Waals surface area contributed by atoms with E-state index >= 15 is 0 Å². The number of esters is 1. The predicted octanol–water partition coefficient (Wildman–Crippen LogP) is 2.97. The van der Waals surface area contributed by atoms with Crippen LogP contribution in [0.15, 0.2) is 48.1 Å². The Morgan fingerprint density at radius 2 is 1.89 bits per heavy atom. The molecule has 0 aromatic carbocycles. The van der Waals surface area contributed by atoms with Gasteiger partial charge in [0, 0.05) is 37.9 Å². The van der Waals surface area contributed by atoms with E-state index in [1.165, 1.54) is 19.3 Å². The van der Waals surface area contributed by atoms with E-state index < -0.39 is 36.1 Å². The Labute approximate surface area is 207 Å². The molecule has 0 radical (unpaired) electrons. The Bertz CT molecular complexity index is 885. The number of carbonyl (C=O) groups excluding carboxylic acids is 4. The molecule has 2 amide bonds. The lowest BCUT2D eigenvalue weighted by atomic mass is 9.87. The zero-order valence-corrected chi connectivity index (χ0v) is 20.9. The largest absolute Gasteiger partial charge is 0.454 e. The van der Waals surface area contributed by atoms with Crippen molar-refractivity contribution in [3.8, 4) is 0 Å². The van der Waals surface area contributed by atoms with Crippen LogP contribution in [0.4, 0.5) is 0 Å². The van der Waals surface area contributed by atoms with Crippen LogP contribution in [0.25, 0.3) is 0 Å². The Hall–Kier alpha value is -2.84. The molecule has 2 aliphatic rings. The van der Waals surface area contributed by atoms with Gasteiger partial charge < -0.3 is 14.6 Å². The van der Waals surface area contributed by atoms with Gasteiger partial charge in [-0.3, -0.25) is 19.7 Å². The Morgan fingerprint density at radius 3 is 2.54 bits per heavy atom. The number of cyclic esters (lactones) is 1. The van der Waals surface area contributed by atoms with Gasteiger partial charge in [0.1, 0.15) is 12.2 Å². The normalized spacial score (nSPS) is 30.1. The van der Waals surface area contributed by atoms with Gasteiger partial charge in [-0.25, -0.2) is 4.79 Å². The van der Waals surface area contributed by atoms with Gasteiger partial charge in [0.2, 0.25) is 11.8 Å². The topological polar surface area (TPSA) is 119 Å². The predicted molar refractivity (Wildman–Crippen MR) is 131 cm³/mol. The zero-order valence-electron chi connectivity index (χ0n) is 20.9. The second kappa shape index (κ2) is 13.9. The summed E-state index contributed by atoms with van der Waals surface area (Å²) in [6, 6.07) is 0. The van der Waals surface area contributed by atoms with Gasteiger partial charge in [-0.2, -0.15) is 0 Å². The SMILES string of the molecule is CO[C@H]1/C=C/CC/C=C/C(=O)O[C@H](/C(C)=C/[C@H](C)C(=O)/C=C/CC2CC(=O)NC(=O)C2)[C@@H](C)[C@@H]1O. The maximum atomic E-state index is 12.7. The lowest BCUT2D eigenvalue weighted by Crippen LogP contribution is -2.41. The summed E-state index contributed by atoms with van der Waals surface area (Å²) in [5, 5.41) is 13.2. The van der Waals surface area contributed by atoms with E-state index in [0.717, 1.165) is 0 Å². The van der Waals surface area contributed by atoms with E-state index in [4.69, 9.17) is 9.47 Å². The van der Waals surface area contributed by atoms with Gasteiger partial charge in [-0.15, -0.1) is 0 Å². The van der Waals surface area contributed by atoms with Gasteiger partial charge in [0.05, 0.1) is 6.10 Å². The fourth-order valence-electron chi connectivity index (χ4n) is 4.31. The summed E-state index contributed by atoms with van der Waals surface area (Å²) in [7, 11) is 1.52. The highest BCUT2D eigenvalue weighted by Gasteiger charge is 2.33. The van der Waals surface area contributed by atoms with Crippen molar-refractivity contribution in [2.24, 2.45) is 17.8 Å². The van der Waals surface area contributed by atoms with Crippen molar-refractivity contribution < 1.29 is 33.8 Å². The van der Waals surface area contributed by atoms with Crippen molar-refractivity contribution in [3.05, 3.63) is 48.1 Å². The van der Waals surface area contributed by atoms with Gasteiger partial charge >= 0.3 is 5.97 Å². The minimum Gasteiger partial charge on any atom is -0.454 e. The average molecular weight is 488 g/mol. The molecule has 2 rings (SSSR count). The fraction of sp³-hybridized carbons (Fsp3) is 0.556. The lowest BCUT2D eigenvalue weighted by molar-refractivity contribution is -0.147. The monoisotopic (exact) mass is 487 g/mol. The van der Waals surface area contributed by atoms with Crippen molar-refractivity contribution in [1.29, 1.82) is 0 Å². The van der Waals surface area contributed by atoms with Gasteiger partial charge in [0.25, 0.3) is 0 Å². The Kier molecular flexibility index (Phi) is 11.3. The molecule has 2 aliphatic heterocycles. The molecule has 0 aromatic heterocycles. The number of ketones is 1. The summed E-state index contributed by atoms with van der Waals surface area (Å²) in [6.45, 7) is 5.30. The number of allylic oxidation sites excluding steroid dienone is 5. The highest BCUT2D eigenvalue weighted by molar-refractivity contribution is 5.97. The van der Waals surface area contributed by atoms with E-state index in [2.05, 4.69) is 5.32 Å². The van der Waals surface area contributed by atoms with Crippen LogP contribution in [0.2, 0.25) is 0 Å². The van der Waals surface area contributed by atoms with Crippen LogP contribution < -0.4 is 5.32 Å². The molecule has 0 spiro atoms. The smallest absolute Gasteiger partial charge is 0.331 e. The van der Waals surface area contributed by atoms with E-state index in [1.54, 1.807) is 39.0 Å². The van der Waals surface area contributed by atoms with Crippen molar-refractivity contribution >= 4 is 23.6 Å². The molecule has 1 saturated heterocycles. The molecule has 192 valence electrons. The molecule has 1 fully saturated rings. The second-order valence-corrected chi connectivity index (χ2v) is 9.30. The number of hydrogen-bond donors (Lipinski definition) is 2. The molecule has 0 aromatic rings. The zero-order chi connectivity index (χ0) is 26.0. The molecule has 2 heterocycles. The second-order valence-electron chi connectivity index (χ2n) is 9.30. The van der Waals surface area contributed by atoms with Crippen molar-refractivity contribution in [2.75, 3.05) is 7.11 Å². The number of hydrogen-bond acceptors (Lipinski definition) is 7. The first-order valence-corrected chi connectivity index (χ1v) is 12.1. The van der Waals surface area contributed by atoms with E-state index in [9.17, 15) is 24.3 Å². The van der Waals surface area contributed by atoms with Crippen molar-refractivity contribution in [1.82, 2.24) is 5.32 Å². The molecule has 5 atom stereocenters. The number of ether oxygens (including phenoxy) is 2. The molecule has 0 bridgehead atoms. The standard InChI is InChI=1S/C27H37NO7/c1-17(21(29)11-9-10-20-15-23(30)28-24(31)16-20)14-18(2)27-19(3)26(33)22(34-4)12-7-5-6-8-13-25(32)35-27/h7-9,11-14,17,19-20,22,26-27,33H,5-6,10,15-16H2,1-4H3,(H,28,30,31)/b11-9+,12-7+,13-8+,18-14+/t17-,19-,22-,26-,27+/m0/s1. The minimum absolute atomic E-state index is 0.110. The third-order valence-corrected chi connectivity index (χ3v) is 6.34. The molecule has 2 N–H and O–H groups in total. The molecule has 0 aliphatic carbocycles.